The van der Waals surface area contributed by atoms with Crippen LogP contribution in [0.2, 0.25) is 0 Å². The average molecular weight is 677 g/mol. The number of likely N-dealkylation sites (tertiary alicyclic amines) is 1. The second-order valence-electron chi connectivity index (χ2n) is 12.5. The number of sulfonamides is 1. The third-order valence-corrected chi connectivity index (χ3v) is 9.46. The molecule has 0 unspecified atom stereocenters. The van der Waals surface area contributed by atoms with Gasteiger partial charge in [0.1, 0.15) is 11.6 Å². The van der Waals surface area contributed by atoms with Crippen LogP contribution >= 0.6 is 0 Å². The van der Waals surface area contributed by atoms with E-state index in [1.165, 1.54) is 24.3 Å². The van der Waals surface area contributed by atoms with Crippen molar-refractivity contribution in [2.45, 2.75) is 63.1 Å². The molecule has 13 heteroatoms. The number of nitrogens with zero attached hydrogens (tertiary/aromatic N) is 4. The first kappa shape index (κ1) is 34.9. The van der Waals surface area contributed by atoms with Gasteiger partial charge < -0.3 is 15.2 Å². The molecule has 0 bridgehead atoms. The minimum atomic E-state index is -3.71. The number of anilines is 2. The number of halogens is 1. The fraction of sp³-hybridized carbons (Fsp3) is 0.343. The molecule has 0 saturated carbocycles. The summed E-state index contributed by atoms with van der Waals surface area (Å²) in [5.41, 5.74) is 1.94. The normalized spacial score (nSPS) is 14.4. The minimum absolute atomic E-state index is 0.0981. The van der Waals surface area contributed by atoms with Gasteiger partial charge in [0, 0.05) is 55.9 Å². The highest BCUT2D eigenvalue weighted by atomic mass is 32.2. The third-order valence-electron chi connectivity index (χ3n) is 7.98. The van der Waals surface area contributed by atoms with Crippen LogP contribution in [0.4, 0.5) is 20.6 Å². The molecule has 3 heterocycles. The lowest BCUT2D eigenvalue weighted by Gasteiger charge is -2.38. The Morgan fingerprint density at radius 1 is 1.04 bits per heavy atom. The Bertz CT molecular complexity index is 1770. The zero-order valence-electron chi connectivity index (χ0n) is 27.3. The lowest BCUT2D eigenvalue weighted by atomic mass is 10.0. The highest BCUT2D eigenvalue weighted by molar-refractivity contribution is 7.89. The maximum Gasteiger partial charge on any atom is 0.326 e. The van der Waals surface area contributed by atoms with Crippen LogP contribution in [0.25, 0.3) is 0 Å². The summed E-state index contributed by atoms with van der Waals surface area (Å²) >= 11 is 0. The predicted molar refractivity (Wildman–Crippen MR) is 182 cm³/mol. The predicted octanol–water partition coefficient (Wildman–Crippen LogP) is 5.86. The summed E-state index contributed by atoms with van der Waals surface area (Å²) in [5.74, 6) is 0.409. The summed E-state index contributed by atoms with van der Waals surface area (Å²) in [4.78, 5) is 26.2. The van der Waals surface area contributed by atoms with Crippen LogP contribution in [0.5, 0.6) is 11.6 Å². The number of hydrogen-bond acceptors (Lipinski definition) is 8. The molecule has 5 rings (SSSR count). The largest absolute Gasteiger partial charge is 0.439 e. The third kappa shape index (κ3) is 9.80. The molecule has 2 amide bonds. The quantitative estimate of drug-likeness (QED) is 0.170. The Morgan fingerprint density at radius 3 is 2.42 bits per heavy atom. The standard InChI is InChI=1S/C35H41FN6O5S/c1-25-7-9-28(23-37-25)40-34(43)42(30-6-4-5-27(36)21-30)29-15-19-41(20-16-29)24-26-8-14-33(38-22-26)47-31-10-12-32(13-11-31)48(45,46)39-18-17-35(2,3)44/h4-14,21-23,29,39,44H,15-20,24H2,1-3H3,(H,40,43). The molecule has 11 nitrogen and oxygen atoms in total. The topological polar surface area (TPSA) is 137 Å². The van der Waals surface area contributed by atoms with Crippen molar-refractivity contribution in [3.05, 3.63) is 102 Å². The fourth-order valence-corrected chi connectivity index (χ4v) is 6.42. The first-order chi connectivity index (χ1) is 22.8. The number of aryl methyl sites for hydroxylation is 1. The first-order valence-electron chi connectivity index (χ1n) is 15.8. The Hall–Kier alpha value is -4.43. The molecule has 0 spiro atoms. The summed E-state index contributed by atoms with van der Waals surface area (Å²) in [6.45, 7) is 7.36. The molecule has 0 radical (unpaired) electrons. The van der Waals surface area contributed by atoms with E-state index in [4.69, 9.17) is 4.74 Å². The highest BCUT2D eigenvalue weighted by Crippen LogP contribution is 2.27. The number of aliphatic hydroxyl groups is 1. The SMILES string of the molecule is Cc1ccc(NC(=O)N(c2cccc(F)c2)C2CCN(Cc3ccc(Oc4ccc(S(=O)(=O)NCCC(C)(C)O)cc4)nc3)CC2)cn1. The maximum absolute atomic E-state index is 14.2. The lowest BCUT2D eigenvalue weighted by Crippen LogP contribution is -2.49. The number of benzene rings is 2. The first-order valence-corrected chi connectivity index (χ1v) is 17.3. The fourth-order valence-electron chi connectivity index (χ4n) is 5.39. The van der Waals surface area contributed by atoms with Crippen molar-refractivity contribution in [3.63, 3.8) is 0 Å². The van der Waals surface area contributed by atoms with Gasteiger partial charge in [0.2, 0.25) is 15.9 Å². The number of rotatable bonds is 12. The van der Waals surface area contributed by atoms with Crippen LogP contribution < -0.4 is 19.7 Å². The molecule has 2 aromatic heterocycles. The van der Waals surface area contributed by atoms with Crippen LogP contribution in [0, 0.1) is 12.7 Å². The van der Waals surface area contributed by atoms with Crippen molar-refractivity contribution in [2.24, 2.45) is 0 Å². The summed E-state index contributed by atoms with van der Waals surface area (Å²) < 4.78 is 47.6. The number of aromatic nitrogens is 2. The number of carbonyl (C=O) groups excluding carboxylic acids is 1. The van der Waals surface area contributed by atoms with E-state index in [0.29, 0.717) is 42.4 Å². The summed E-state index contributed by atoms with van der Waals surface area (Å²) in [5, 5.41) is 12.7. The zero-order chi connectivity index (χ0) is 34.3. The number of nitrogens with one attached hydrogen (secondary N) is 2. The molecule has 254 valence electrons. The van der Waals surface area contributed by atoms with Crippen molar-refractivity contribution in [2.75, 3.05) is 29.9 Å². The molecule has 2 aromatic carbocycles. The molecule has 0 aliphatic carbocycles. The van der Waals surface area contributed by atoms with E-state index >= 15 is 0 Å². The van der Waals surface area contributed by atoms with Gasteiger partial charge in [-0.3, -0.25) is 14.8 Å². The maximum atomic E-state index is 14.2. The Morgan fingerprint density at radius 2 is 1.79 bits per heavy atom. The summed E-state index contributed by atoms with van der Waals surface area (Å²) in [6.07, 6.45) is 5.04. The highest BCUT2D eigenvalue weighted by Gasteiger charge is 2.30. The van der Waals surface area contributed by atoms with Gasteiger partial charge in [0.05, 0.1) is 22.4 Å². The second-order valence-corrected chi connectivity index (χ2v) is 14.3. The van der Waals surface area contributed by atoms with Gasteiger partial charge in [0.15, 0.2) is 0 Å². The molecule has 48 heavy (non-hydrogen) atoms. The number of urea groups is 1. The smallest absolute Gasteiger partial charge is 0.326 e. The van der Waals surface area contributed by atoms with Crippen LogP contribution in [-0.2, 0) is 16.6 Å². The van der Waals surface area contributed by atoms with E-state index in [-0.39, 0.29) is 29.9 Å². The van der Waals surface area contributed by atoms with Gasteiger partial charge in [-0.25, -0.2) is 27.3 Å². The number of amides is 2. The number of piperidine rings is 1. The van der Waals surface area contributed by atoms with Crippen molar-refractivity contribution in [1.29, 1.82) is 0 Å². The molecule has 1 fully saturated rings. The molecule has 3 N–H and O–H groups in total. The van der Waals surface area contributed by atoms with E-state index in [2.05, 4.69) is 24.9 Å². The van der Waals surface area contributed by atoms with Gasteiger partial charge in [0.25, 0.3) is 0 Å². The van der Waals surface area contributed by atoms with Crippen molar-refractivity contribution < 1.29 is 27.4 Å². The number of ether oxygens (including phenoxy) is 1. The monoisotopic (exact) mass is 676 g/mol. The second kappa shape index (κ2) is 15.2. The van der Waals surface area contributed by atoms with Gasteiger partial charge in [-0.05, 0) is 100 Å². The van der Waals surface area contributed by atoms with Gasteiger partial charge in [-0.15, -0.1) is 0 Å². The lowest BCUT2D eigenvalue weighted by molar-refractivity contribution is 0.0728. The van der Waals surface area contributed by atoms with E-state index in [1.54, 1.807) is 67.5 Å². The summed E-state index contributed by atoms with van der Waals surface area (Å²) in [7, 11) is -3.71. The van der Waals surface area contributed by atoms with Crippen LogP contribution in [0.15, 0.2) is 90.1 Å². The zero-order valence-corrected chi connectivity index (χ0v) is 28.1. The Labute approximate surface area is 280 Å². The molecular formula is C35H41FN6O5S. The molecular weight excluding hydrogens is 635 g/mol. The molecule has 4 aromatic rings. The minimum Gasteiger partial charge on any atom is -0.439 e. The van der Waals surface area contributed by atoms with Crippen molar-refractivity contribution in [3.8, 4) is 11.6 Å². The molecule has 1 saturated heterocycles. The number of carbonyl (C=O) groups is 1. The molecule has 0 atom stereocenters. The number of hydrogen-bond donors (Lipinski definition) is 3. The Kier molecular flexibility index (Phi) is 11.0. The van der Waals surface area contributed by atoms with Crippen LogP contribution in [-0.4, -0.2) is 65.7 Å². The molecule has 1 aliphatic heterocycles. The van der Waals surface area contributed by atoms with Gasteiger partial charge in [-0.2, -0.15) is 0 Å². The summed E-state index contributed by atoms with van der Waals surface area (Å²) in [6, 6.07) is 19.0. The van der Waals surface area contributed by atoms with E-state index < -0.39 is 21.4 Å². The Balaban J connectivity index is 1.15. The van der Waals surface area contributed by atoms with E-state index in [9.17, 15) is 22.7 Å². The number of pyridine rings is 2. The van der Waals surface area contributed by atoms with Gasteiger partial charge >= 0.3 is 6.03 Å². The van der Waals surface area contributed by atoms with E-state index in [1.807, 2.05) is 19.1 Å². The van der Waals surface area contributed by atoms with Crippen LogP contribution in [0.3, 0.4) is 0 Å². The van der Waals surface area contributed by atoms with Crippen LogP contribution in [0.1, 0.15) is 44.4 Å². The molecule has 1 aliphatic rings. The average Bonchev–Trinajstić information content (AvgIpc) is 3.04. The van der Waals surface area contributed by atoms with Gasteiger partial charge in [-0.1, -0.05) is 12.1 Å². The van der Waals surface area contributed by atoms with E-state index in [0.717, 1.165) is 24.3 Å². The van der Waals surface area contributed by atoms with Crippen molar-refractivity contribution >= 4 is 27.4 Å². The van der Waals surface area contributed by atoms with Crippen molar-refractivity contribution in [1.82, 2.24) is 19.6 Å².